The SMILES string of the molecule is O=C(NCCCN(CCCc1ccccc1)C(=O)OCc1ccccc1)N1CCNC(c2ccccc2)CC1. The first kappa shape index (κ1) is 28.2. The minimum Gasteiger partial charge on any atom is -0.445 e. The van der Waals surface area contributed by atoms with Crippen molar-refractivity contribution in [1.82, 2.24) is 20.4 Å². The molecule has 39 heavy (non-hydrogen) atoms. The van der Waals surface area contributed by atoms with Gasteiger partial charge in [0.1, 0.15) is 6.61 Å². The second-order valence-electron chi connectivity index (χ2n) is 9.89. The van der Waals surface area contributed by atoms with Gasteiger partial charge in [-0.2, -0.15) is 0 Å². The lowest BCUT2D eigenvalue weighted by Gasteiger charge is -2.23. The fraction of sp³-hybridized carbons (Fsp3) is 0.375. The molecule has 7 nitrogen and oxygen atoms in total. The number of carbonyl (C=O) groups is 2. The van der Waals surface area contributed by atoms with Crippen LogP contribution in [-0.2, 0) is 17.8 Å². The number of rotatable bonds is 11. The first-order valence-corrected chi connectivity index (χ1v) is 14.0. The van der Waals surface area contributed by atoms with E-state index in [0.29, 0.717) is 39.1 Å². The minimum absolute atomic E-state index is 0.0483. The van der Waals surface area contributed by atoms with Crippen LogP contribution in [0.25, 0.3) is 0 Å². The molecule has 1 heterocycles. The van der Waals surface area contributed by atoms with Crippen LogP contribution in [0.3, 0.4) is 0 Å². The van der Waals surface area contributed by atoms with Crippen molar-refractivity contribution in [2.45, 2.75) is 38.3 Å². The number of nitrogens with zero attached hydrogens (tertiary/aromatic N) is 2. The van der Waals surface area contributed by atoms with Crippen LogP contribution in [0, 0.1) is 0 Å². The summed E-state index contributed by atoms with van der Waals surface area (Å²) in [5.41, 5.74) is 3.47. The van der Waals surface area contributed by atoms with Crippen molar-refractivity contribution in [2.75, 3.05) is 39.3 Å². The average Bonchev–Trinajstić information content (AvgIpc) is 3.25. The Labute approximate surface area is 232 Å². The summed E-state index contributed by atoms with van der Waals surface area (Å²) in [6.07, 6.45) is 2.97. The van der Waals surface area contributed by atoms with E-state index in [9.17, 15) is 9.59 Å². The standard InChI is InChI=1S/C32H40N4O3/c37-31(35-24-19-30(33-21-25-35)29-17-8-3-9-18-29)34-20-11-23-36(22-10-16-27-12-4-1-5-13-27)32(38)39-26-28-14-6-2-7-15-28/h1-9,12-15,17-18,30,33H,10-11,16,19-26H2,(H,34,37). The third-order valence-corrected chi connectivity index (χ3v) is 7.03. The van der Waals surface area contributed by atoms with E-state index in [4.69, 9.17) is 4.74 Å². The summed E-state index contributed by atoms with van der Waals surface area (Å²) in [5, 5.41) is 6.60. The predicted molar refractivity (Wildman–Crippen MR) is 154 cm³/mol. The predicted octanol–water partition coefficient (Wildman–Crippen LogP) is 5.39. The molecule has 0 spiro atoms. The second kappa shape index (κ2) is 15.5. The zero-order valence-electron chi connectivity index (χ0n) is 22.6. The Morgan fingerprint density at radius 1 is 0.846 bits per heavy atom. The van der Waals surface area contributed by atoms with Gasteiger partial charge in [-0.1, -0.05) is 91.0 Å². The molecular formula is C32H40N4O3. The first-order chi connectivity index (χ1) is 19.2. The Morgan fingerprint density at radius 3 is 2.21 bits per heavy atom. The minimum atomic E-state index is -0.316. The topological polar surface area (TPSA) is 73.9 Å². The van der Waals surface area contributed by atoms with E-state index in [1.165, 1.54) is 11.1 Å². The van der Waals surface area contributed by atoms with E-state index in [-0.39, 0.29) is 24.8 Å². The maximum absolute atomic E-state index is 12.9. The Kier molecular flexibility index (Phi) is 11.2. The molecule has 1 aliphatic heterocycles. The van der Waals surface area contributed by atoms with Crippen LogP contribution in [0.5, 0.6) is 0 Å². The number of aryl methyl sites for hydroxylation is 1. The average molecular weight is 529 g/mol. The highest BCUT2D eigenvalue weighted by atomic mass is 16.6. The molecule has 0 aromatic heterocycles. The maximum Gasteiger partial charge on any atom is 0.410 e. The first-order valence-electron chi connectivity index (χ1n) is 14.0. The van der Waals surface area contributed by atoms with Crippen LogP contribution in [0.15, 0.2) is 91.0 Å². The van der Waals surface area contributed by atoms with Crippen molar-refractivity contribution < 1.29 is 14.3 Å². The summed E-state index contributed by atoms with van der Waals surface area (Å²) in [5.74, 6) is 0. The van der Waals surface area contributed by atoms with E-state index >= 15 is 0 Å². The molecule has 0 bridgehead atoms. The van der Waals surface area contributed by atoms with Crippen molar-refractivity contribution in [1.29, 1.82) is 0 Å². The van der Waals surface area contributed by atoms with E-state index in [1.807, 2.05) is 59.5 Å². The molecule has 1 atom stereocenters. The molecule has 1 unspecified atom stereocenters. The summed E-state index contributed by atoms with van der Waals surface area (Å²) in [6, 6.07) is 30.6. The number of amides is 3. The van der Waals surface area contributed by atoms with Gasteiger partial charge in [-0.25, -0.2) is 9.59 Å². The number of urea groups is 1. The van der Waals surface area contributed by atoms with Crippen LogP contribution in [0.4, 0.5) is 9.59 Å². The molecule has 2 N–H and O–H groups in total. The molecule has 1 fully saturated rings. The van der Waals surface area contributed by atoms with Gasteiger partial charge >= 0.3 is 12.1 Å². The number of hydrogen-bond donors (Lipinski definition) is 2. The molecular weight excluding hydrogens is 488 g/mol. The molecule has 7 heteroatoms. The number of hydrogen-bond acceptors (Lipinski definition) is 4. The van der Waals surface area contributed by atoms with Gasteiger partial charge in [0.15, 0.2) is 0 Å². The highest BCUT2D eigenvalue weighted by Gasteiger charge is 2.21. The van der Waals surface area contributed by atoms with Gasteiger partial charge < -0.3 is 25.2 Å². The summed E-state index contributed by atoms with van der Waals surface area (Å²) in [7, 11) is 0. The molecule has 3 amide bonds. The van der Waals surface area contributed by atoms with Crippen molar-refractivity contribution in [2.24, 2.45) is 0 Å². The number of carbonyl (C=O) groups excluding carboxylic acids is 2. The third-order valence-electron chi connectivity index (χ3n) is 7.03. The van der Waals surface area contributed by atoms with Gasteiger partial charge in [-0.05, 0) is 42.4 Å². The fourth-order valence-corrected chi connectivity index (χ4v) is 4.85. The summed E-state index contributed by atoms with van der Waals surface area (Å²) in [6.45, 7) is 4.03. The monoisotopic (exact) mass is 528 g/mol. The molecule has 1 aliphatic rings. The molecule has 0 radical (unpaired) electrons. The van der Waals surface area contributed by atoms with Gasteiger partial charge in [0, 0.05) is 45.3 Å². The maximum atomic E-state index is 12.9. The van der Waals surface area contributed by atoms with Gasteiger partial charge in [-0.15, -0.1) is 0 Å². The van der Waals surface area contributed by atoms with Gasteiger partial charge in [0.05, 0.1) is 0 Å². The molecule has 0 saturated carbocycles. The third kappa shape index (κ3) is 9.45. The van der Waals surface area contributed by atoms with E-state index < -0.39 is 0 Å². The Bertz CT molecular complexity index is 1130. The van der Waals surface area contributed by atoms with Gasteiger partial charge in [-0.3, -0.25) is 0 Å². The Hall–Kier alpha value is -3.84. The van der Waals surface area contributed by atoms with E-state index in [1.54, 1.807) is 4.90 Å². The van der Waals surface area contributed by atoms with Crippen LogP contribution >= 0.6 is 0 Å². The molecule has 1 saturated heterocycles. The zero-order valence-corrected chi connectivity index (χ0v) is 22.6. The highest BCUT2D eigenvalue weighted by molar-refractivity contribution is 5.74. The highest BCUT2D eigenvalue weighted by Crippen LogP contribution is 2.18. The summed E-state index contributed by atoms with van der Waals surface area (Å²) < 4.78 is 5.61. The summed E-state index contributed by atoms with van der Waals surface area (Å²) in [4.78, 5) is 29.4. The Balaban J connectivity index is 1.22. The molecule has 3 aromatic carbocycles. The van der Waals surface area contributed by atoms with Crippen molar-refractivity contribution in [3.63, 3.8) is 0 Å². The summed E-state index contributed by atoms with van der Waals surface area (Å²) >= 11 is 0. The number of nitrogens with one attached hydrogen (secondary N) is 2. The zero-order chi connectivity index (χ0) is 27.1. The van der Waals surface area contributed by atoms with E-state index in [2.05, 4.69) is 47.0 Å². The quantitative estimate of drug-likeness (QED) is 0.327. The lowest BCUT2D eigenvalue weighted by molar-refractivity contribution is 0.0953. The number of benzene rings is 3. The normalized spacial score (nSPS) is 15.3. The van der Waals surface area contributed by atoms with Crippen LogP contribution < -0.4 is 10.6 Å². The van der Waals surface area contributed by atoms with Crippen LogP contribution in [0.1, 0.15) is 42.0 Å². The van der Waals surface area contributed by atoms with Crippen LogP contribution in [0.2, 0.25) is 0 Å². The lowest BCUT2D eigenvalue weighted by atomic mass is 10.0. The van der Waals surface area contributed by atoms with E-state index in [0.717, 1.165) is 31.4 Å². The van der Waals surface area contributed by atoms with Gasteiger partial charge in [0.25, 0.3) is 0 Å². The Morgan fingerprint density at radius 2 is 1.49 bits per heavy atom. The molecule has 206 valence electrons. The lowest BCUT2D eigenvalue weighted by Crippen LogP contribution is -2.43. The fourth-order valence-electron chi connectivity index (χ4n) is 4.85. The smallest absolute Gasteiger partial charge is 0.410 e. The molecule has 4 rings (SSSR count). The molecule has 0 aliphatic carbocycles. The van der Waals surface area contributed by atoms with Gasteiger partial charge in [0.2, 0.25) is 0 Å². The van der Waals surface area contributed by atoms with Crippen molar-refractivity contribution in [3.8, 4) is 0 Å². The second-order valence-corrected chi connectivity index (χ2v) is 9.89. The largest absolute Gasteiger partial charge is 0.445 e. The number of ether oxygens (including phenoxy) is 1. The molecule has 3 aromatic rings. The van der Waals surface area contributed by atoms with Crippen molar-refractivity contribution >= 4 is 12.1 Å². The van der Waals surface area contributed by atoms with Crippen molar-refractivity contribution in [3.05, 3.63) is 108 Å². The van der Waals surface area contributed by atoms with Crippen LogP contribution in [-0.4, -0.2) is 61.2 Å².